The molecule has 5 nitrogen and oxygen atoms in total. The minimum Gasteiger partial charge on any atom is -0.481 e. The lowest BCUT2D eigenvalue weighted by molar-refractivity contribution is -0.137. The van der Waals surface area contributed by atoms with Crippen LogP contribution in [0.2, 0.25) is 0 Å². The molecule has 0 aromatic heterocycles. The van der Waals surface area contributed by atoms with Crippen LogP contribution in [0.1, 0.15) is 37.7 Å². The fourth-order valence-corrected chi connectivity index (χ4v) is 2.26. The van der Waals surface area contributed by atoms with Gasteiger partial charge in [-0.1, -0.05) is 47.0 Å². The zero-order chi connectivity index (χ0) is 15.5. The van der Waals surface area contributed by atoms with Crippen LogP contribution >= 0.6 is 15.9 Å². The molecule has 0 aliphatic rings. The average Bonchev–Trinajstić information content (AvgIpc) is 2.45. The van der Waals surface area contributed by atoms with Crippen molar-refractivity contribution >= 4 is 27.9 Å². The van der Waals surface area contributed by atoms with Gasteiger partial charge in [0.15, 0.2) is 0 Å². The van der Waals surface area contributed by atoms with E-state index >= 15 is 0 Å². The maximum atomic E-state index is 11.6. The summed E-state index contributed by atoms with van der Waals surface area (Å²) in [7, 11) is 0. The van der Waals surface area contributed by atoms with Crippen molar-refractivity contribution in [2.24, 2.45) is 0 Å². The summed E-state index contributed by atoms with van der Waals surface area (Å²) in [5.41, 5.74) is 1.03. The Morgan fingerprint density at radius 3 is 2.48 bits per heavy atom. The second-order valence-electron chi connectivity index (χ2n) is 4.76. The summed E-state index contributed by atoms with van der Waals surface area (Å²) in [6, 6.07) is 7.56. The first-order chi connectivity index (χ1) is 10.1. The van der Waals surface area contributed by atoms with E-state index in [1.54, 1.807) is 0 Å². The second-order valence-corrected chi connectivity index (χ2v) is 5.61. The first-order valence-corrected chi connectivity index (χ1v) is 7.86. The van der Waals surface area contributed by atoms with Crippen LogP contribution in [0.4, 0.5) is 4.79 Å². The Kier molecular flexibility index (Phi) is 8.50. The lowest BCUT2D eigenvalue weighted by Crippen LogP contribution is -2.35. The molecule has 116 valence electrons. The quantitative estimate of drug-likeness (QED) is 0.594. The van der Waals surface area contributed by atoms with E-state index in [2.05, 4.69) is 26.6 Å². The molecule has 0 unspecified atom stereocenters. The number of rotatable bonds is 9. The van der Waals surface area contributed by atoms with E-state index in [1.165, 1.54) is 0 Å². The third-order valence-electron chi connectivity index (χ3n) is 3.00. The fourth-order valence-electron chi connectivity index (χ4n) is 1.84. The van der Waals surface area contributed by atoms with Crippen molar-refractivity contribution in [2.75, 3.05) is 6.54 Å². The summed E-state index contributed by atoms with van der Waals surface area (Å²) in [5.74, 6) is -0.750. The van der Waals surface area contributed by atoms with E-state index in [4.69, 9.17) is 5.11 Å². The number of aliphatic carboxylic acids is 1. The molecule has 0 saturated heterocycles. The molecule has 0 spiro atoms. The number of nitrogens with one attached hydrogen (secondary N) is 2. The molecule has 1 aromatic carbocycles. The number of carbonyl (C=O) groups is 2. The summed E-state index contributed by atoms with van der Waals surface area (Å²) < 4.78 is 0.976. The minimum atomic E-state index is -0.750. The molecule has 2 amide bonds. The van der Waals surface area contributed by atoms with Crippen molar-refractivity contribution in [3.63, 3.8) is 0 Å². The Morgan fingerprint density at radius 2 is 1.76 bits per heavy atom. The number of hydrogen-bond acceptors (Lipinski definition) is 2. The summed E-state index contributed by atoms with van der Waals surface area (Å²) in [5, 5.41) is 14.1. The Balaban J connectivity index is 2.04. The molecule has 6 heteroatoms. The van der Waals surface area contributed by atoms with Crippen molar-refractivity contribution in [3.8, 4) is 0 Å². The highest BCUT2D eigenvalue weighted by atomic mass is 79.9. The molecule has 1 rings (SSSR count). The predicted octanol–water partition coefficient (Wildman–Crippen LogP) is 3.28. The number of urea groups is 1. The summed E-state index contributed by atoms with van der Waals surface area (Å²) in [4.78, 5) is 21.9. The third kappa shape index (κ3) is 8.34. The van der Waals surface area contributed by atoms with Crippen LogP contribution in [-0.4, -0.2) is 23.7 Å². The number of benzene rings is 1. The number of carboxylic acids is 1. The molecule has 3 N–H and O–H groups in total. The lowest BCUT2D eigenvalue weighted by atomic mass is 10.1. The third-order valence-corrected chi connectivity index (χ3v) is 3.77. The van der Waals surface area contributed by atoms with Gasteiger partial charge in [0.25, 0.3) is 0 Å². The van der Waals surface area contributed by atoms with Gasteiger partial charge < -0.3 is 15.7 Å². The molecular weight excluding hydrogens is 336 g/mol. The first kappa shape index (κ1) is 17.5. The Labute approximate surface area is 133 Å². The molecule has 0 heterocycles. The van der Waals surface area contributed by atoms with Gasteiger partial charge in [0.05, 0.1) is 0 Å². The van der Waals surface area contributed by atoms with Gasteiger partial charge in [0.2, 0.25) is 0 Å². The van der Waals surface area contributed by atoms with Gasteiger partial charge in [0, 0.05) is 24.0 Å². The van der Waals surface area contributed by atoms with Gasteiger partial charge in [0.1, 0.15) is 0 Å². The summed E-state index contributed by atoms with van der Waals surface area (Å²) in [6.07, 6.45) is 3.59. The Hall–Kier alpha value is -1.56. The van der Waals surface area contributed by atoms with Crippen LogP contribution in [0.25, 0.3) is 0 Å². The number of carboxylic acid groups (broad SMARTS) is 1. The average molecular weight is 357 g/mol. The highest BCUT2D eigenvalue weighted by molar-refractivity contribution is 9.10. The molecule has 0 aliphatic heterocycles. The number of halogens is 1. The SMILES string of the molecule is O=C(O)CCCCCCNC(=O)NCc1ccccc1Br. The molecule has 21 heavy (non-hydrogen) atoms. The monoisotopic (exact) mass is 356 g/mol. The number of carbonyl (C=O) groups excluding carboxylic acids is 1. The Morgan fingerprint density at radius 1 is 1.05 bits per heavy atom. The summed E-state index contributed by atoms with van der Waals surface area (Å²) in [6.45, 7) is 1.08. The fraction of sp³-hybridized carbons (Fsp3) is 0.467. The highest BCUT2D eigenvalue weighted by Crippen LogP contribution is 2.15. The molecule has 0 saturated carbocycles. The zero-order valence-corrected chi connectivity index (χ0v) is 13.5. The van der Waals surface area contributed by atoms with Crippen molar-refractivity contribution in [1.82, 2.24) is 10.6 Å². The van der Waals surface area contributed by atoms with Gasteiger partial charge in [-0.3, -0.25) is 4.79 Å². The van der Waals surface area contributed by atoms with Gasteiger partial charge >= 0.3 is 12.0 Å². The van der Waals surface area contributed by atoms with Crippen LogP contribution < -0.4 is 10.6 Å². The molecule has 0 fully saturated rings. The number of amides is 2. The van der Waals surface area contributed by atoms with Crippen LogP contribution in [0.5, 0.6) is 0 Å². The highest BCUT2D eigenvalue weighted by Gasteiger charge is 2.02. The van der Waals surface area contributed by atoms with E-state index in [1.807, 2.05) is 24.3 Å². The summed E-state index contributed by atoms with van der Waals surface area (Å²) >= 11 is 3.43. The van der Waals surface area contributed by atoms with Gasteiger partial charge in [-0.25, -0.2) is 4.79 Å². The van der Waals surface area contributed by atoms with Crippen molar-refractivity contribution in [1.29, 1.82) is 0 Å². The van der Waals surface area contributed by atoms with E-state index in [-0.39, 0.29) is 12.5 Å². The Bertz CT molecular complexity index is 466. The zero-order valence-electron chi connectivity index (χ0n) is 11.9. The smallest absolute Gasteiger partial charge is 0.315 e. The molecule has 0 atom stereocenters. The minimum absolute atomic E-state index is 0.184. The van der Waals surface area contributed by atoms with Crippen molar-refractivity contribution in [3.05, 3.63) is 34.3 Å². The molecule has 0 radical (unpaired) electrons. The molecule has 0 aliphatic carbocycles. The molecule has 1 aromatic rings. The van der Waals surface area contributed by atoms with Crippen LogP contribution in [0.3, 0.4) is 0 Å². The number of hydrogen-bond donors (Lipinski definition) is 3. The van der Waals surface area contributed by atoms with Gasteiger partial charge in [-0.15, -0.1) is 0 Å². The van der Waals surface area contributed by atoms with E-state index in [9.17, 15) is 9.59 Å². The van der Waals surface area contributed by atoms with Crippen LogP contribution in [0, 0.1) is 0 Å². The maximum absolute atomic E-state index is 11.6. The van der Waals surface area contributed by atoms with E-state index in [0.29, 0.717) is 19.5 Å². The lowest BCUT2D eigenvalue weighted by Gasteiger charge is -2.08. The molecule has 0 bridgehead atoms. The van der Waals surface area contributed by atoms with Gasteiger partial charge in [-0.2, -0.15) is 0 Å². The van der Waals surface area contributed by atoms with E-state index in [0.717, 1.165) is 29.3 Å². The predicted molar refractivity (Wildman–Crippen MR) is 85.1 cm³/mol. The topological polar surface area (TPSA) is 78.4 Å². The second kappa shape index (κ2) is 10.2. The standard InChI is InChI=1S/C15H21BrN2O3/c16-13-8-5-4-7-12(13)11-18-15(21)17-10-6-2-1-3-9-14(19)20/h4-5,7-8H,1-3,6,9-11H2,(H,19,20)(H2,17,18,21). The van der Waals surface area contributed by atoms with Crippen LogP contribution in [0.15, 0.2) is 28.7 Å². The number of unbranched alkanes of at least 4 members (excludes halogenated alkanes) is 3. The normalized spacial score (nSPS) is 10.1. The van der Waals surface area contributed by atoms with Crippen molar-refractivity contribution < 1.29 is 14.7 Å². The largest absolute Gasteiger partial charge is 0.481 e. The van der Waals surface area contributed by atoms with Crippen LogP contribution in [-0.2, 0) is 11.3 Å². The first-order valence-electron chi connectivity index (χ1n) is 7.06. The van der Waals surface area contributed by atoms with Crippen molar-refractivity contribution in [2.45, 2.75) is 38.6 Å². The maximum Gasteiger partial charge on any atom is 0.315 e. The van der Waals surface area contributed by atoms with Gasteiger partial charge in [-0.05, 0) is 24.5 Å². The molecular formula is C15H21BrN2O3. The van der Waals surface area contributed by atoms with E-state index < -0.39 is 5.97 Å².